The van der Waals surface area contributed by atoms with Crippen molar-refractivity contribution in [2.24, 2.45) is 0 Å². The topological polar surface area (TPSA) is 12.0 Å². The fourth-order valence-corrected chi connectivity index (χ4v) is 2.49. The molecule has 0 spiro atoms. The molecular formula is C17H20BrN. The standard InChI is InChI=1S/C17H20BrN/c1-3-14-8-10-15(11-9-14)13(2)19-12-16-6-4-5-7-17(16)18/h4-11,13,19H,3,12H2,1-2H3. The molecule has 2 heteroatoms. The maximum Gasteiger partial charge on any atom is 0.0294 e. The van der Waals surface area contributed by atoms with Gasteiger partial charge >= 0.3 is 0 Å². The lowest BCUT2D eigenvalue weighted by atomic mass is 10.0. The van der Waals surface area contributed by atoms with E-state index in [1.807, 2.05) is 6.07 Å². The zero-order valence-electron chi connectivity index (χ0n) is 11.5. The number of hydrogen-bond donors (Lipinski definition) is 1. The van der Waals surface area contributed by atoms with Gasteiger partial charge in [-0.15, -0.1) is 0 Å². The molecule has 1 unspecified atom stereocenters. The zero-order valence-corrected chi connectivity index (χ0v) is 13.1. The highest BCUT2D eigenvalue weighted by molar-refractivity contribution is 9.10. The third-order valence-electron chi connectivity index (χ3n) is 3.44. The van der Waals surface area contributed by atoms with E-state index < -0.39 is 0 Å². The van der Waals surface area contributed by atoms with Crippen molar-refractivity contribution < 1.29 is 0 Å². The maximum atomic E-state index is 3.58. The van der Waals surface area contributed by atoms with Gasteiger partial charge in [0.1, 0.15) is 0 Å². The van der Waals surface area contributed by atoms with Crippen LogP contribution in [0.4, 0.5) is 0 Å². The third-order valence-corrected chi connectivity index (χ3v) is 4.22. The predicted octanol–water partition coefficient (Wildman–Crippen LogP) is 4.86. The number of nitrogens with one attached hydrogen (secondary N) is 1. The summed E-state index contributed by atoms with van der Waals surface area (Å²) in [4.78, 5) is 0. The van der Waals surface area contributed by atoms with Gasteiger partial charge in [-0.1, -0.05) is 65.3 Å². The number of benzene rings is 2. The van der Waals surface area contributed by atoms with Crippen molar-refractivity contribution in [3.63, 3.8) is 0 Å². The molecule has 0 heterocycles. The molecule has 0 fully saturated rings. The molecule has 2 aromatic rings. The number of aryl methyl sites for hydroxylation is 1. The van der Waals surface area contributed by atoms with Crippen molar-refractivity contribution in [3.8, 4) is 0 Å². The molecular weight excluding hydrogens is 298 g/mol. The molecule has 1 N–H and O–H groups in total. The smallest absolute Gasteiger partial charge is 0.0294 e. The van der Waals surface area contributed by atoms with Gasteiger partial charge in [0, 0.05) is 17.1 Å². The number of hydrogen-bond acceptors (Lipinski definition) is 1. The van der Waals surface area contributed by atoms with Crippen LogP contribution in [0.1, 0.15) is 36.6 Å². The summed E-state index contributed by atoms with van der Waals surface area (Å²) in [6.07, 6.45) is 1.10. The molecule has 0 aliphatic rings. The maximum absolute atomic E-state index is 3.58. The molecule has 0 aliphatic heterocycles. The Labute approximate surface area is 124 Å². The molecule has 0 aromatic heterocycles. The molecule has 0 saturated carbocycles. The Morgan fingerprint density at radius 2 is 1.74 bits per heavy atom. The Morgan fingerprint density at radius 3 is 2.37 bits per heavy atom. The fourth-order valence-electron chi connectivity index (χ4n) is 2.06. The van der Waals surface area contributed by atoms with Crippen LogP contribution in [0.5, 0.6) is 0 Å². The summed E-state index contributed by atoms with van der Waals surface area (Å²) in [6, 6.07) is 17.6. The first-order valence-corrected chi connectivity index (χ1v) is 7.55. The molecule has 2 aromatic carbocycles. The van der Waals surface area contributed by atoms with Crippen molar-refractivity contribution in [1.82, 2.24) is 5.32 Å². The summed E-state index contributed by atoms with van der Waals surface area (Å²) in [5, 5.41) is 3.56. The van der Waals surface area contributed by atoms with Gasteiger partial charge in [0.2, 0.25) is 0 Å². The minimum absolute atomic E-state index is 0.359. The van der Waals surface area contributed by atoms with Crippen LogP contribution >= 0.6 is 15.9 Å². The first kappa shape index (κ1) is 14.3. The van der Waals surface area contributed by atoms with Crippen molar-refractivity contribution in [2.75, 3.05) is 0 Å². The lowest BCUT2D eigenvalue weighted by molar-refractivity contribution is 0.573. The van der Waals surface area contributed by atoms with E-state index in [2.05, 4.69) is 77.6 Å². The van der Waals surface area contributed by atoms with Gasteiger partial charge < -0.3 is 5.32 Å². The minimum atomic E-state index is 0.359. The first-order valence-electron chi connectivity index (χ1n) is 6.76. The second-order valence-electron chi connectivity index (χ2n) is 4.79. The molecule has 0 amide bonds. The van der Waals surface area contributed by atoms with Gasteiger partial charge in [-0.05, 0) is 36.1 Å². The summed E-state index contributed by atoms with van der Waals surface area (Å²) in [7, 11) is 0. The molecule has 0 radical (unpaired) electrons. The SMILES string of the molecule is CCc1ccc(C(C)NCc2ccccc2Br)cc1. The van der Waals surface area contributed by atoms with Gasteiger partial charge in [-0.25, -0.2) is 0 Å². The summed E-state index contributed by atoms with van der Waals surface area (Å²) in [5.41, 5.74) is 4.02. The Balaban J connectivity index is 1.97. The van der Waals surface area contributed by atoms with Crippen LogP contribution in [0.15, 0.2) is 53.0 Å². The van der Waals surface area contributed by atoms with Crippen molar-refractivity contribution in [3.05, 3.63) is 69.7 Å². The van der Waals surface area contributed by atoms with E-state index in [9.17, 15) is 0 Å². The van der Waals surface area contributed by atoms with Gasteiger partial charge in [0.25, 0.3) is 0 Å². The van der Waals surface area contributed by atoms with Crippen LogP contribution in [0.25, 0.3) is 0 Å². The van der Waals surface area contributed by atoms with Gasteiger partial charge in [-0.2, -0.15) is 0 Å². The van der Waals surface area contributed by atoms with Crippen LogP contribution in [0.2, 0.25) is 0 Å². The Hall–Kier alpha value is -1.12. The van der Waals surface area contributed by atoms with E-state index in [0.29, 0.717) is 6.04 Å². The lowest BCUT2D eigenvalue weighted by Gasteiger charge is -2.15. The number of rotatable bonds is 5. The highest BCUT2D eigenvalue weighted by atomic mass is 79.9. The average Bonchev–Trinajstić information content (AvgIpc) is 2.46. The molecule has 0 aliphatic carbocycles. The third kappa shape index (κ3) is 3.92. The molecule has 0 bridgehead atoms. The summed E-state index contributed by atoms with van der Waals surface area (Å²) < 4.78 is 1.16. The van der Waals surface area contributed by atoms with Gasteiger partial charge in [-0.3, -0.25) is 0 Å². The minimum Gasteiger partial charge on any atom is -0.306 e. The van der Waals surface area contributed by atoms with Gasteiger partial charge in [0.05, 0.1) is 0 Å². The van der Waals surface area contributed by atoms with E-state index in [1.54, 1.807) is 0 Å². The van der Waals surface area contributed by atoms with E-state index in [0.717, 1.165) is 17.4 Å². The monoisotopic (exact) mass is 317 g/mol. The van der Waals surface area contributed by atoms with Crippen LogP contribution in [0, 0.1) is 0 Å². The molecule has 1 nitrogen and oxygen atoms in total. The van der Waals surface area contributed by atoms with Crippen molar-refractivity contribution in [2.45, 2.75) is 32.9 Å². The van der Waals surface area contributed by atoms with E-state index in [4.69, 9.17) is 0 Å². The Bertz CT molecular complexity index is 519. The second kappa shape index (κ2) is 6.88. The zero-order chi connectivity index (χ0) is 13.7. The normalized spacial score (nSPS) is 12.4. The average molecular weight is 318 g/mol. The Morgan fingerprint density at radius 1 is 1.05 bits per heavy atom. The fraction of sp³-hybridized carbons (Fsp3) is 0.294. The lowest BCUT2D eigenvalue weighted by Crippen LogP contribution is -2.18. The number of halogens is 1. The highest BCUT2D eigenvalue weighted by Gasteiger charge is 2.05. The van der Waals surface area contributed by atoms with Crippen LogP contribution < -0.4 is 5.32 Å². The predicted molar refractivity (Wildman–Crippen MR) is 85.2 cm³/mol. The quantitative estimate of drug-likeness (QED) is 0.830. The van der Waals surface area contributed by atoms with Crippen molar-refractivity contribution >= 4 is 15.9 Å². The summed E-state index contributed by atoms with van der Waals surface area (Å²) >= 11 is 3.58. The summed E-state index contributed by atoms with van der Waals surface area (Å²) in [6.45, 7) is 5.26. The largest absolute Gasteiger partial charge is 0.306 e. The van der Waals surface area contributed by atoms with E-state index in [1.165, 1.54) is 16.7 Å². The van der Waals surface area contributed by atoms with E-state index in [-0.39, 0.29) is 0 Å². The highest BCUT2D eigenvalue weighted by Crippen LogP contribution is 2.18. The van der Waals surface area contributed by atoms with Crippen LogP contribution in [0.3, 0.4) is 0 Å². The summed E-state index contributed by atoms with van der Waals surface area (Å²) in [5.74, 6) is 0. The first-order chi connectivity index (χ1) is 9.20. The van der Waals surface area contributed by atoms with Crippen LogP contribution in [-0.2, 0) is 13.0 Å². The molecule has 19 heavy (non-hydrogen) atoms. The molecule has 0 saturated heterocycles. The van der Waals surface area contributed by atoms with Crippen molar-refractivity contribution in [1.29, 1.82) is 0 Å². The van der Waals surface area contributed by atoms with Crippen LogP contribution in [-0.4, -0.2) is 0 Å². The molecule has 100 valence electrons. The molecule has 1 atom stereocenters. The van der Waals surface area contributed by atoms with Gasteiger partial charge in [0.15, 0.2) is 0 Å². The Kier molecular flexibility index (Phi) is 5.17. The van der Waals surface area contributed by atoms with E-state index >= 15 is 0 Å². The second-order valence-corrected chi connectivity index (χ2v) is 5.64. The molecule has 2 rings (SSSR count).